The fourth-order valence-electron chi connectivity index (χ4n) is 6.54. The van der Waals surface area contributed by atoms with E-state index in [2.05, 4.69) is 10.6 Å². The van der Waals surface area contributed by atoms with Crippen LogP contribution in [0.2, 0.25) is 25.4 Å². The highest BCUT2D eigenvalue weighted by Crippen LogP contribution is 2.35. The van der Waals surface area contributed by atoms with Crippen LogP contribution in [0.3, 0.4) is 0 Å². The van der Waals surface area contributed by atoms with E-state index in [1.54, 1.807) is 54.1 Å². The van der Waals surface area contributed by atoms with E-state index >= 15 is 0 Å². The lowest BCUT2D eigenvalue weighted by atomic mass is 9.93. The summed E-state index contributed by atoms with van der Waals surface area (Å²) in [6.07, 6.45) is 4.69. The fourth-order valence-corrected chi connectivity index (χ4v) is 7.82. The number of Topliss-reactive ketones (excluding diaryl/α,β-unsaturated/α-hetero) is 2. The van der Waals surface area contributed by atoms with Gasteiger partial charge < -0.3 is 24.5 Å². The van der Waals surface area contributed by atoms with Crippen molar-refractivity contribution in [1.82, 2.24) is 19.8 Å². The second kappa shape index (κ2) is 16.9. The van der Waals surface area contributed by atoms with Gasteiger partial charge in [-0.2, -0.15) is 0 Å². The molecule has 2 fully saturated rings. The summed E-state index contributed by atoms with van der Waals surface area (Å²) in [5.41, 5.74) is 3.72. The van der Waals surface area contributed by atoms with Gasteiger partial charge in [0.25, 0.3) is 23.4 Å². The van der Waals surface area contributed by atoms with E-state index in [0.717, 1.165) is 54.3 Å². The molecule has 0 bridgehead atoms. The first-order chi connectivity index (χ1) is 26.9. The van der Waals surface area contributed by atoms with Crippen molar-refractivity contribution in [1.29, 1.82) is 0 Å². The Hall–Kier alpha value is -4.51. The van der Waals surface area contributed by atoms with E-state index in [9.17, 15) is 19.2 Å². The first-order valence-corrected chi connectivity index (χ1v) is 19.8. The number of fused-ring (bicyclic) bond motifs is 2. The molecule has 0 aliphatic heterocycles. The number of hydrogen-bond acceptors (Lipinski definition) is 5. The minimum atomic E-state index is -0.634. The molecule has 4 aromatic carbocycles. The third-order valence-electron chi connectivity index (χ3n) is 9.93. The average Bonchev–Trinajstić information content (AvgIpc) is 3.89. The molecule has 0 saturated heterocycles. The van der Waals surface area contributed by atoms with Gasteiger partial charge in [0.1, 0.15) is 16.1 Å². The average molecular weight is 853 g/mol. The van der Waals surface area contributed by atoms with Gasteiger partial charge in [-0.1, -0.05) is 94.4 Å². The number of ether oxygens (including phenoxy) is 1. The summed E-state index contributed by atoms with van der Waals surface area (Å²) in [5.74, 6) is -1.90. The highest BCUT2D eigenvalue weighted by atomic mass is 35.5. The van der Waals surface area contributed by atoms with Crippen molar-refractivity contribution in [3.05, 3.63) is 133 Å². The Morgan fingerprint density at radius 2 is 1.21 bits per heavy atom. The Kier molecular flexibility index (Phi) is 12.0. The largest absolute Gasteiger partial charge is 0.497 e. The van der Waals surface area contributed by atoms with Crippen molar-refractivity contribution in [2.75, 3.05) is 7.11 Å². The van der Waals surface area contributed by atoms with Crippen molar-refractivity contribution >= 4 is 103 Å². The Morgan fingerprint density at radius 3 is 1.80 bits per heavy atom. The summed E-state index contributed by atoms with van der Waals surface area (Å²) in [6.45, 7) is 0.795. The lowest BCUT2D eigenvalue weighted by molar-refractivity contribution is -0.118. The smallest absolute Gasteiger partial charge is 0.292 e. The zero-order valence-corrected chi connectivity index (χ0v) is 33.8. The van der Waals surface area contributed by atoms with E-state index < -0.39 is 23.4 Å². The molecule has 56 heavy (non-hydrogen) atoms. The molecule has 0 spiro atoms. The number of ketones is 2. The van der Waals surface area contributed by atoms with E-state index in [-0.39, 0.29) is 33.5 Å². The number of halogens is 5. The molecular formula is C42H35Cl5N4O5. The SMILES string of the molecule is COc1ccc2c(c1)c(C(=O)C(=O)NC1CC1)c(Cl)n2Cc1ccc(Cl)cc1.O=C(NC1CCC1)C(=O)c1c(Cl)n(Cc2ccc(Cl)cc2Cl)c2ccccc12. The van der Waals surface area contributed by atoms with Gasteiger partial charge >= 0.3 is 0 Å². The van der Waals surface area contributed by atoms with Crippen LogP contribution in [-0.2, 0) is 22.7 Å². The predicted octanol–water partition coefficient (Wildman–Crippen LogP) is 9.97. The van der Waals surface area contributed by atoms with Gasteiger partial charge in [-0.15, -0.1) is 0 Å². The monoisotopic (exact) mass is 850 g/mol. The molecule has 9 nitrogen and oxygen atoms in total. The standard InChI is InChI=1S/C21H17Cl3N2O2.C21H18Cl2N2O3/c22-13-9-8-12(16(23)10-13)11-26-17-7-2-1-6-15(17)18(20(26)24)19(27)21(28)25-14-4-3-5-14;1-28-15-8-9-17-16(10-15)18(19(26)21(27)24-14-6-7-14)20(23)25(17)11-12-2-4-13(22)5-3-12/h1-2,6-10,14H,3-5,11H2,(H,25,28);2-5,8-10,14H,6-7,11H2,1H3,(H,24,27). The van der Waals surface area contributed by atoms with Crippen LogP contribution in [0, 0.1) is 0 Å². The highest BCUT2D eigenvalue weighted by molar-refractivity contribution is 6.50. The van der Waals surface area contributed by atoms with Crippen LogP contribution in [0.5, 0.6) is 5.75 Å². The van der Waals surface area contributed by atoms with Crippen molar-refractivity contribution < 1.29 is 23.9 Å². The third kappa shape index (κ3) is 8.43. The molecule has 2 N–H and O–H groups in total. The van der Waals surface area contributed by atoms with Gasteiger partial charge in [0.05, 0.1) is 35.8 Å². The van der Waals surface area contributed by atoms with E-state index in [4.69, 9.17) is 62.7 Å². The molecule has 8 rings (SSSR count). The zero-order valence-electron chi connectivity index (χ0n) is 30.0. The summed E-state index contributed by atoms with van der Waals surface area (Å²) in [5, 5.41) is 8.91. The number of para-hydroxylation sites is 1. The van der Waals surface area contributed by atoms with E-state index in [1.165, 1.54) is 0 Å². The van der Waals surface area contributed by atoms with Crippen LogP contribution in [0.4, 0.5) is 0 Å². The van der Waals surface area contributed by atoms with Crippen molar-refractivity contribution in [3.63, 3.8) is 0 Å². The molecule has 2 aliphatic carbocycles. The Balaban J connectivity index is 0.000000172. The second-order valence-electron chi connectivity index (χ2n) is 13.8. The van der Waals surface area contributed by atoms with E-state index in [0.29, 0.717) is 44.7 Å². The molecule has 2 heterocycles. The first kappa shape index (κ1) is 39.7. The number of hydrogen-bond donors (Lipinski definition) is 2. The topological polar surface area (TPSA) is 111 Å². The Bertz CT molecular complexity index is 2500. The third-order valence-corrected chi connectivity index (χ3v) is 11.6. The number of rotatable bonds is 11. The summed E-state index contributed by atoms with van der Waals surface area (Å²) >= 11 is 31.5. The summed E-state index contributed by atoms with van der Waals surface area (Å²) in [4.78, 5) is 50.6. The summed E-state index contributed by atoms with van der Waals surface area (Å²) in [6, 6.07) is 25.5. The number of aromatic nitrogens is 2. The lowest BCUT2D eigenvalue weighted by Crippen LogP contribution is -2.43. The lowest BCUT2D eigenvalue weighted by Gasteiger charge is -2.25. The zero-order chi connectivity index (χ0) is 39.7. The van der Waals surface area contributed by atoms with Crippen LogP contribution in [-0.4, -0.2) is 51.7 Å². The number of nitrogens with one attached hydrogen (secondary N) is 2. The maximum absolute atomic E-state index is 12.9. The molecule has 2 saturated carbocycles. The van der Waals surface area contributed by atoms with Crippen molar-refractivity contribution in [2.45, 2.75) is 57.3 Å². The maximum atomic E-state index is 12.9. The molecule has 288 valence electrons. The van der Waals surface area contributed by atoms with Gasteiger partial charge in [-0.3, -0.25) is 19.2 Å². The van der Waals surface area contributed by atoms with Crippen LogP contribution in [0.1, 0.15) is 63.9 Å². The number of amides is 2. The Labute approximate surface area is 347 Å². The Morgan fingerprint density at radius 1 is 0.643 bits per heavy atom. The molecule has 2 aliphatic rings. The molecule has 14 heteroatoms. The van der Waals surface area contributed by atoms with Gasteiger partial charge in [-0.05, 0) is 91.8 Å². The highest BCUT2D eigenvalue weighted by Gasteiger charge is 2.32. The molecule has 2 amide bonds. The molecule has 0 atom stereocenters. The quantitative estimate of drug-likeness (QED) is 0.0996. The summed E-state index contributed by atoms with van der Waals surface area (Å²) in [7, 11) is 1.55. The van der Waals surface area contributed by atoms with Crippen LogP contribution in [0.25, 0.3) is 21.8 Å². The normalized spacial score (nSPS) is 13.8. The van der Waals surface area contributed by atoms with Gasteiger partial charge in [0.15, 0.2) is 0 Å². The maximum Gasteiger partial charge on any atom is 0.292 e. The molecule has 0 radical (unpaired) electrons. The van der Waals surface area contributed by atoms with Gasteiger partial charge in [-0.25, -0.2) is 0 Å². The summed E-state index contributed by atoms with van der Waals surface area (Å²) < 4.78 is 8.90. The van der Waals surface area contributed by atoms with Gasteiger partial charge in [0.2, 0.25) is 0 Å². The number of nitrogens with zero attached hydrogens (tertiary/aromatic N) is 2. The fraction of sp³-hybridized carbons (Fsp3) is 0.238. The number of benzene rings is 4. The number of carbonyl (C=O) groups is 4. The predicted molar refractivity (Wildman–Crippen MR) is 222 cm³/mol. The first-order valence-electron chi connectivity index (χ1n) is 17.9. The molecular weight excluding hydrogens is 818 g/mol. The number of methoxy groups -OCH3 is 1. The van der Waals surface area contributed by atoms with Crippen molar-refractivity contribution in [2.24, 2.45) is 0 Å². The van der Waals surface area contributed by atoms with Crippen LogP contribution in [0.15, 0.2) is 84.9 Å². The molecule has 6 aromatic rings. The van der Waals surface area contributed by atoms with Crippen LogP contribution < -0.4 is 15.4 Å². The number of carbonyl (C=O) groups excluding carboxylic acids is 4. The molecule has 2 aromatic heterocycles. The second-order valence-corrected chi connectivity index (χ2v) is 15.8. The van der Waals surface area contributed by atoms with Crippen molar-refractivity contribution in [3.8, 4) is 5.75 Å². The molecule has 0 unspecified atom stereocenters. The van der Waals surface area contributed by atoms with E-state index in [1.807, 2.05) is 47.0 Å². The minimum absolute atomic E-state index is 0.0800. The van der Waals surface area contributed by atoms with Crippen LogP contribution >= 0.6 is 58.0 Å². The van der Waals surface area contributed by atoms with Gasteiger partial charge in [0, 0.05) is 44.5 Å². The minimum Gasteiger partial charge on any atom is -0.497 e.